The Labute approximate surface area is 175 Å². The summed E-state index contributed by atoms with van der Waals surface area (Å²) in [5.41, 5.74) is 1.21. The summed E-state index contributed by atoms with van der Waals surface area (Å²) < 4.78 is 0. The van der Waals surface area contributed by atoms with Gasteiger partial charge in [-0.15, -0.1) is 10.2 Å². The van der Waals surface area contributed by atoms with Crippen LogP contribution in [-0.2, 0) is 6.42 Å². The maximum atomic E-state index is 12.3. The van der Waals surface area contributed by atoms with Gasteiger partial charge in [-0.2, -0.15) is 0 Å². The lowest BCUT2D eigenvalue weighted by molar-refractivity contribution is 0.0948. The molecule has 29 heavy (non-hydrogen) atoms. The van der Waals surface area contributed by atoms with E-state index in [9.17, 15) is 9.59 Å². The molecule has 1 aliphatic rings. The Bertz CT molecular complexity index is 821. The molecule has 0 saturated carbocycles. The number of aryl methyl sites for hydroxylation is 1. The Morgan fingerprint density at radius 3 is 2.66 bits per heavy atom. The molecule has 0 unspecified atom stereocenters. The van der Waals surface area contributed by atoms with Crippen LogP contribution in [0.15, 0.2) is 24.3 Å². The molecule has 2 N–H and O–H groups in total. The average Bonchev–Trinajstić information content (AvgIpc) is 3.22. The number of carbonyl (C=O) groups excluding carboxylic acids is 2. The molecule has 1 aromatic carbocycles. The summed E-state index contributed by atoms with van der Waals surface area (Å²) >= 11 is 1.29. The van der Waals surface area contributed by atoms with Crippen LogP contribution in [0.5, 0.6) is 0 Å². The third-order valence-corrected chi connectivity index (χ3v) is 6.28. The van der Waals surface area contributed by atoms with Crippen molar-refractivity contribution in [3.05, 3.63) is 39.8 Å². The number of hydrogen-bond donors (Lipinski definition) is 2. The summed E-state index contributed by atoms with van der Waals surface area (Å²) in [5.74, 6) is -0.377. The molecule has 7 nitrogen and oxygen atoms in total. The number of hydrogen-bond acceptors (Lipinski definition) is 6. The van der Waals surface area contributed by atoms with Crippen molar-refractivity contribution in [2.24, 2.45) is 0 Å². The van der Waals surface area contributed by atoms with Crippen molar-refractivity contribution in [2.75, 3.05) is 25.0 Å². The summed E-state index contributed by atoms with van der Waals surface area (Å²) in [6.45, 7) is 7.11. The molecule has 2 aromatic rings. The number of aromatic nitrogens is 2. The van der Waals surface area contributed by atoms with Gasteiger partial charge in [0.1, 0.15) is 5.01 Å². The van der Waals surface area contributed by atoms with Crippen molar-refractivity contribution in [3.63, 3.8) is 0 Å². The maximum Gasteiger partial charge on any atom is 0.286 e. The Morgan fingerprint density at radius 1 is 1.17 bits per heavy atom. The zero-order valence-corrected chi connectivity index (χ0v) is 17.9. The standard InChI is InChI=1S/C21H29N5O2S/c1-3-18-24-25-21(29-18)20(28)23-17-10-8-16(9-11-17)19(27)22-12-6-14-26-13-5-4-7-15(26)2/h8-11,15H,3-7,12-14H2,1-2H3,(H,22,27)(H,23,28)/t15-/m1/s1. The van der Waals surface area contributed by atoms with Gasteiger partial charge in [0.05, 0.1) is 0 Å². The Morgan fingerprint density at radius 2 is 1.97 bits per heavy atom. The monoisotopic (exact) mass is 415 g/mol. The number of piperidine rings is 1. The Balaban J connectivity index is 1.42. The van der Waals surface area contributed by atoms with E-state index in [1.807, 2.05) is 6.92 Å². The minimum atomic E-state index is -0.286. The van der Waals surface area contributed by atoms with Crippen molar-refractivity contribution in [1.29, 1.82) is 0 Å². The number of nitrogens with zero attached hydrogens (tertiary/aromatic N) is 3. The topological polar surface area (TPSA) is 87.2 Å². The second-order valence-electron chi connectivity index (χ2n) is 7.38. The van der Waals surface area contributed by atoms with Gasteiger partial charge < -0.3 is 15.5 Å². The van der Waals surface area contributed by atoms with Crippen molar-refractivity contribution in [2.45, 2.75) is 52.0 Å². The van der Waals surface area contributed by atoms with Gasteiger partial charge in [0, 0.05) is 30.4 Å². The largest absolute Gasteiger partial charge is 0.352 e. The van der Waals surface area contributed by atoms with Crippen molar-refractivity contribution >= 4 is 28.8 Å². The third kappa shape index (κ3) is 6.08. The fraction of sp³-hybridized carbons (Fsp3) is 0.524. The molecule has 2 heterocycles. The van der Waals surface area contributed by atoms with Crippen LogP contribution in [0.2, 0.25) is 0 Å². The van der Waals surface area contributed by atoms with E-state index in [0.29, 0.717) is 28.8 Å². The molecule has 1 aliphatic heterocycles. The number of anilines is 1. The van der Waals surface area contributed by atoms with Crippen LogP contribution in [0, 0.1) is 0 Å². The minimum absolute atomic E-state index is 0.0914. The number of rotatable bonds is 8. The van der Waals surface area contributed by atoms with Gasteiger partial charge in [0.15, 0.2) is 0 Å². The molecule has 0 aliphatic carbocycles. The van der Waals surface area contributed by atoms with E-state index in [1.54, 1.807) is 24.3 Å². The Kier molecular flexibility index (Phi) is 7.71. The summed E-state index contributed by atoms with van der Waals surface area (Å²) in [4.78, 5) is 27.0. The average molecular weight is 416 g/mol. The molecule has 0 bridgehead atoms. The van der Waals surface area contributed by atoms with E-state index in [1.165, 1.54) is 37.1 Å². The molecule has 0 spiro atoms. The Hall–Kier alpha value is -2.32. The van der Waals surface area contributed by atoms with Crippen LogP contribution in [0.4, 0.5) is 5.69 Å². The predicted molar refractivity (Wildman–Crippen MR) is 116 cm³/mol. The van der Waals surface area contributed by atoms with Gasteiger partial charge in [-0.05, 0) is 63.4 Å². The smallest absolute Gasteiger partial charge is 0.286 e. The lowest BCUT2D eigenvalue weighted by Crippen LogP contribution is -2.39. The highest BCUT2D eigenvalue weighted by atomic mass is 32.1. The van der Waals surface area contributed by atoms with Crippen LogP contribution in [-0.4, -0.2) is 52.6 Å². The second kappa shape index (κ2) is 10.5. The fourth-order valence-electron chi connectivity index (χ4n) is 3.45. The van der Waals surface area contributed by atoms with E-state index in [-0.39, 0.29) is 11.8 Å². The molecule has 0 radical (unpaired) electrons. The number of nitrogens with one attached hydrogen (secondary N) is 2. The molecular formula is C21H29N5O2S. The first-order chi connectivity index (χ1) is 14.1. The van der Waals surface area contributed by atoms with Gasteiger partial charge >= 0.3 is 0 Å². The van der Waals surface area contributed by atoms with E-state index >= 15 is 0 Å². The van der Waals surface area contributed by atoms with Crippen molar-refractivity contribution in [3.8, 4) is 0 Å². The molecule has 3 rings (SSSR count). The zero-order valence-electron chi connectivity index (χ0n) is 17.1. The van der Waals surface area contributed by atoms with Crippen LogP contribution in [0.1, 0.15) is 64.7 Å². The lowest BCUT2D eigenvalue weighted by atomic mass is 10.0. The molecule has 1 aromatic heterocycles. The number of amides is 2. The predicted octanol–water partition coefficient (Wildman–Crippen LogP) is 3.35. The first-order valence-electron chi connectivity index (χ1n) is 10.3. The summed E-state index contributed by atoms with van der Waals surface area (Å²) in [5, 5.41) is 14.8. The van der Waals surface area contributed by atoms with Crippen LogP contribution < -0.4 is 10.6 Å². The maximum absolute atomic E-state index is 12.3. The molecule has 8 heteroatoms. The summed E-state index contributed by atoms with van der Waals surface area (Å²) in [6, 6.07) is 7.54. The van der Waals surface area contributed by atoms with Crippen molar-refractivity contribution < 1.29 is 9.59 Å². The third-order valence-electron chi connectivity index (χ3n) is 5.22. The van der Waals surface area contributed by atoms with Gasteiger partial charge in [-0.25, -0.2) is 0 Å². The summed E-state index contributed by atoms with van der Waals surface area (Å²) in [6.07, 6.45) is 5.58. The molecule has 1 fully saturated rings. The first-order valence-corrected chi connectivity index (χ1v) is 11.1. The van der Waals surface area contributed by atoms with E-state index in [4.69, 9.17) is 0 Å². The van der Waals surface area contributed by atoms with Crippen LogP contribution >= 0.6 is 11.3 Å². The quantitative estimate of drug-likeness (QED) is 0.646. The molecule has 1 atom stereocenters. The molecule has 1 saturated heterocycles. The molecular weight excluding hydrogens is 386 g/mol. The number of likely N-dealkylation sites (tertiary alicyclic amines) is 1. The van der Waals surface area contributed by atoms with E-state index < -0.39 is 0 Å². The first kappa shape index (κ1) is 21.4. The van der Waals surface area contributed by atoms with E-state index in [2.05, 4.69) is 32.7 Å². The van der Waals surface area contributed by atoms with Gasteiger partial charge in [-0.3, -0.25) is 9.59 Å². The second-order valence-corrected chi connectivity index (χ2v) is 8.44. The normalized spacial score (nSPS) is 17.1. The lowest BCUT2D eigenvalue weighted by Gasteiger charge is -2.33. The van der Waals surface area contributed by atoms with Crippen LogP contribution in [0.3, 0.4) is 0 Å². The minimum Gasteiger partial charge on any atom is -0.352 e. The van der Waals surface area contributed by atoms with Crippen molar-refractivity contribution in [1.82, 2.24) is 20.4 Å². The number of benzene rings is 1. The zero-order chi connectivity index (χ0) is 20.6. The highest BCUT2D eigenvalue weighted by molar-refractivity contribution is 7.13. The van der Waals surface area contributed by atoms with E-state index in [0.717, 1.165) is 24.4 Å². The SMILES string of the molecule is CCc1nnc(C(=O)Nc2ccc(C(=O)NCCCN3CCCC[C@H]3C)cc2)s1. The highest BCUT2D eigenvalue weighted by Crippen LogP contribution is 2.16. The molecule has 156 valence electrons. The van der Waals surface area contributed by atoms with Gasteiger partial charge in [-0.1, -0.05) is 24.7 Å². The molecule has 2 amide bonds. The fourth-order valence-corrected chi connectivity index (χ4v) is 4.13. The highest BCUT2D eigenvalue weighted by Gasteiger charge is 2.17. The summed E-state index contributed by atoms with van der Waals surface area (Å²) in [7, 11) is 0. The van der Waals surface area contributed by atoms with Crippen LogP contribution in [0.25, 0.3) is 0 Å². The number of carbonyl (C=O) groups is 2. The van der Waals surface area contributed by atoms with Gasteiger partial charge in [0.2, 0.25) is 5.01 Å². The van der Waals surface area contributed by atoms with Gasteiger partial charge in [0.25, 0.3) is 11.8 Å².